The first-order chi connectivity index (χ1) is 12.2. The molecule has 2 aliphatic carbocycles. The van der Waals surface area contributed by atoms with Gasteiger partial charge in [-0.1, -0.05) is 19.3 Å². The molecule has 2 amide bonds. The molecule has 2 heterocycles. The average molecular weight is 344 g/mol. The third-order valence-electron chi connectivity index (χ3n) is 6.00. The number of nitrogens with zero attached hydrogens (tertiary/aromatic N) is 3. The Bertz CT molecular complexity index is 644. The zero-order chi connectivity index (χ0) is 17.2. The zero-order valence-electron chi connectivity index (χ0n) is 14.9. The molecule has 6 heteroatoms. The van der Waals surface area contributed by atoms with Gasteiger partial charge in [-0.3, -0.25) is 14.3 Å². The summed E-state index contributed by atoms with van der Waals surface area (Å²) < 4.78 is 2.02. The molecule has 0 aromatic carbocycles. The Labute approximate surface area is 148 Å². The summed E-state index contributed by atoms with van der Waals surface area (Å²) in [5.41, 5.74) is 1.99. The summed E-state index contributed by atoms with van der Waals surface area (Å²) in [6.45, 7) is 2.82. The van der Waals surface area contributed by atoms with Crippen LogP contribution in [0, 0.1) is 11.8 Å². The van der Waals surface area contributed by atoms with Gasteiger partial charge in [0.1, 0.15) is 0 Å². The maximum Gasteiger partial charge on any atom is 0.226 e. The first-order valence-electron chi connectivity index (χ1n) is 9.83. The topological polar surface area (TPSA) is 67.2 Å². The van der Waals surface area contributed by atoms with Crippen molar-refractivity contribution in [2.45, 2.75) is 71.0 Å². The number of carbonyl (C=O) groups excluding carboxylic acids is 2. The number of amides is 2. The quantitative estimate of drug-likeness (QED) is 0.911. The van der Waals surface area contributed by atoms with Crippen molar-refractivity contribution in [3.63, 3.8) is 0 Å². The lowest BCUT2D eigenvalue weighted by molar-refractivity contribution is -0.138. The summed E-state index contributed by atoms with van der Waals surface area (Å²) >= 11 is 0. The number of aromatic nitrogens is 2. The van der Waals surface area contributed by atoms with Crippen LogP contribution in [0.3, 0.4) is 0 Å². The Morgan fingerprint density at radius 1 is 1.04 bits per heavy atom. The van der Waals surface area contributed by atoms with E-state index in [4.69, 9.17) is 0 Å². The van der Waals surface area contributed by atoms with Crippen LogP contribution >= 0.6 is 0 Å². The predicted octanol–water partition coefficient (Wildman–Crippen LogP) is 2.22. The van der Waals surface area contributed by atoms with Crippen LogP contribution in [-0.2, 0) is 29.2 Å². The molecule has 25 heavy (non-hydrogen) atoms. The van der Waals surface area contributed by atoms with E-state index in [0.29, 0.717) is 19.0 Å². The summed E-state index contributed by atoms with van der Waals surface area (Å²) in [6, 6.07) is 2.06. The minimum Gasteiger partial charge on any atom is -0.350 e. The van der Waals surface area contributed by atoms with Gasteiger partial charge in [-0.25, -0.2) is 0 Å². The smallest absolute Gasteiger partial charge is 0.226 e. The Morgan fingerprint density at radius 2 is 1.80 bits per heavy atom. The van der Waals surface area contributed by atoms with Gasteiger partial charge in [0.25, 0.3) is 0 Å². The van der Waals surface area contributed by atoms with Crippen LogP contribution in [0.2, 0.25) is 0 Å². The third kappa shape index (κ3) is 3.58. The number of aryl methyl sites for hydroxylation is 1. The molecule has 0 unspecified atom stereocenters. The second-order valence-electron chi connectivity index (χ2n) is 7.79. The lowest BCUT2D eigenvalue weighted by atomic mass is 9.84. The van der Waals surface area contributed by atoms with Gasteiger partial charge in [0.05, 0.1) is 24.5 Å². The van der Waals surface area contributed by atoms with E-state index in [-0.39, 0.29) is 17.7 Å². The summed E-state index contributed by atoms with van der Waals surface area (Å²) in [4.78, 5) is 26.7. The molecule has 0 bridgehead atoms. The molecule has 0 saturated heterocycles. The number of nitrogens with one attached hydrogen (secondary N) is 1. The molecule has 6 nitrogen and oxygen atoms in total. The number of carbonyl (C=O) groups is 2. The molecule has 0 spiro atoms. The highest BCUT2D eigenvalue weighted by Gasteiger charge is 2.31. The maximum atomic E-state index is 12.6. The molecule has 136 valence electrons. The number of hydrogen-bond acceptors (Lipinski definition) is 3. The molecular formula is C19H28N4O2. The van der Waals surface area contributed by atoms with Crippen molar-refractivity contribution < 1.29 is 9.59 Å². The molecular weight excluding hydrogens is 316 g/mol. The fraction of sp³-hybridized carbons (Fsp3) is 0.737. The fourth-order valence-electron chi connectivity index (χ4n) is 4.22. The molecule has 1 aromatic rings. The van der Waals surface area contributed by atoms with E-state index in [1.807, 2.05) is 9.58 Å². The van der Waals surface area contributed by atoms with E-state index >= 15 is 0 Å². The summed E-state index contributed by atoms with van der Waals surface area (Å²) in [5, 5.41) is 7.69. The minimum atomic E-state index is 0.169. The van der Waals surface area contributed by atoms with E-state index in [9.17, 15) is 9.59 Å². The molecule has 0 atom stereocenters. The largest absolute Gasteiger partial charge is 0.350 e. The van der Waals surface area contributed by atoms with E-state index < -0.39 is 0 Å². The van der Waals surface area contributed by atoms with Crippen LogP contribution in [-0.4, -0.2) is 33.0 Å². The summed E-state index contributed by atoms with van der Waals surface area (Å²) in [6.07, 6.45) is 8.60. The first kappa shape index (κ1) is 16.6. The first-order valence-corrected chi connectivity index (χ1v) is 9.83. The second-order valence-corrected chi connectivity index (χ2v) is 7.79. The van der Waals surface area contributed by atoms with E-state index in [2.05, 4.69) is 16.5 Å². The van der Waals surface area contributed by atoms with Crippen LogP contribution in [0.25, 0.3) is 0 Å². The molecule has 1 N–H and O–H groups in total. The molecule has 2 fully saturated rings. The Balaban J connectivity index is 1.37. The number of rotatable bonds is 4. The molecule has 0 radical (unpaired) electrons. The SMILES string of the molecule is O=C(NCc1cc2n(n1)CCCN(C(=O)C1CCC1)C2)C1CCCC1. The number of hydrogen-bond donors (Lipinski definition) is 1. The zero-order valence-corrected chi connectivity index (χ0v) is 14.9. The van der Waals surface area contributed by atoms with Crippen molar-refractivity contribution in [3.8, 4) is 0 Å². The monoisotopic (exact) mass is 344 g/mol. The van der Waals surface area contributed by atoms with E-state index in [1.54, 1.807) is 0 Å². The standard InChI is InChI=1S/C19H28N4O2/c24-18(14-5-1-2-6-14)20-12-16-11-17-13-22(9-4-10-23(17)21-16)19(25)15-7-3-8-15/h11,14-15H,1-10,12-13H2,(H,20,24). The van der Waals surface area contributed by atoms with Gasteiger partial charge < -0.3 is 10.2 Å². The number of fused-ring (bicyclic) bond motifs is 1. The van der Waals surface area contributed by atoms with Gasteiger partial charge >= 0.3 is 0 Å². The predicted molar refractivity (Wildman–Crippen MR) is 93.4 cm³/mol. The van der Waals surface area contributed by atoms with Crippen LogP contribution in [0.5, 0.6) is 0 Å². The lowest BCUT2D eigenvalue weighted by Gasteiger charge is -2.30. The lowest BCUT2D eigenvalue weighted by Crippen LogP contribution is -2.38. The van der Waals surface area contributed by atoms with Gasteiger partial charge in [-0.15, -0.1) is 0 Å². The fourth-order valence-corrected chi connectivity index (χ4v) is 4.22. The Kier molecular flexibility index (Phi) is 4.77. The summed E-state index contributed by atoms with van der Waals surface area (Å²) in [5.74, 6) is 0.926. The second kappa shape index (κ2) is 7.18. The summed E-state index contributed by atoms with van der Waals surface area (Å²) in [7, 11) is 0. The maximum absolute atomic E-state index is 12.6. The Morgan fingerprint density at radius 3 is 2.52 bits per heavy atom. The minimum absolute atomic E-state index is 0.169. The van der Waals surface area contributed by atoms with Crippen LogP contribution in [0.15, 0.2) is 6.07 Å². The highest BCUT2D eigenvalue weighted by atomic mass is 16.2. The molecule has 3 aliphatic rings. The van der Waals surface area contributed by atoms with Crippen molar-refractivity contribution >= 4 is 11.8 Å². The molecule has 1 aliphatic heterocycles. The van der Waals surface area contributed by atoms with Gasteiger partial charge in [0.15, 0.2) is 0 Å². The highest BCUT2D eigenvalue weighted by Crippen LogP contribution is 2.29. The van der Waals surface area contributed by atoms with Gasteiger partial charge in [-0.2, -0.15) is 5.10 Å². The molecule has 1 aromatic heterocycles. The van der Waals surface area contributed by atoms with E-state index in [0.717, 1.165) is 56.6 Å². The van der Waals surface area contributed by atoms with Crippen LogP contribution in [0.4, 0.5) is 0 Å². The van der Waals surface area contributed by atoms with E-state index in [1.165, 1.54) is 19.3 Å². The van der Waals surface area contributed by atoms with Crippen LogP contribution in [0.1, 0.15) is 62.8 Å². The highest BCUT2D eigenvalue weighted by molar-refractivity contribution is 5.79. The van der Waals surface area contributed by atoms with Gasteiger partial charge in [0, 0.05) is 24.9 Å². The van der Waals surface area contributed by atoms with Crippen molar-refractivity contribution in [1.82, 2.24) is 20.0 Å². The normalized spacial score (nSPS) is 21.5. The van der Waals surface area contributed by atoms with Crippen molar-refractivity contribution in [2.24, 2.45) is 11.8 Å². The third-order valence-corrected chi connectivity index (χ3v) is 6.00. The van der Waals surface area contributed by atoms with Crippen molar-refractivity contribution in [1.29, 1.82) is 0 Å². The average Bonchev–Trinajstić information content (AvgIpc) is 3.17. The Hall–Kier alpha value is -1.85. The van der Waals surface area contributed by atoms with Gasteiger partial charge in [-0.05, 0) is 38.2 Å². The molecule has 4 rings (SSSR count). The van der Waals surface area contributed by atoms with Crippen molar-refractivity contribution in [2.75, 3.05) is 6.54 Å². The van der Waals surface area contributed by atoms with Crippen molar-refractivity contribution in [3.05, 3.63) is 17.5 Å². The van der Waals surface area contributed by atoms with Crippen LogP contribution < -0.4 is 5.32 Å². The van der Waals surface area contributed by atoms with Gasteiger partial charge in [0.2, 0.25) is 11.8 Å². The molecule has 2 saturated carbocycles.